The Balaban J connectivity index is 2.30. The third-order valence-corrected chi connectivity index (χ3v) is 5.90. The number of β-lactam (4-membered cyclic amide) rings is 1. The van der Waals surface area contributed by atoms with E-state index in [-0.39, 0.29) is 9.44 Å². The number of nitrogens with two attached hydrogens (primary N) is 1. The van der Waals surface area contributed by atoms with Crippen LogP contribution in [0.1, 0.15) is 47.4 Å². The van der Waals surface area contributed by atoms with E-state index in [4.69, 9.17) is 20.0 Å². The summed E-state index contributed by atoms with van der Waals surface area (Å²) >= 11 is 0.612. The molecule has 2 atom stereocenters. The summed E-state index contributed by atoms with van der Waals surface area (Å²) in [6, 6.07) is -3.23. The number of ether oxygens (including phenoxy) is 3. The summed E-state index contributed by atoms with van der Waals surface area (Å²) in [5, 5.41) is 7.88. The Labute approximate surface area is 237 Å². The zero-order valence-electron chi connectivity index (χ0n) is 22.7. The maximum absolute atomic E-state index is 13.1. The number of hydrogen-bond acceptors (Lipinski definition) is 15. The second kappa shape index (κ2) is 12.6. The predicted octanol–water partition coefficient (Wildman–Crippen LogP) is -0.459. The van der Waals surface area contributed by atoms with Crippen molar-refractivity contribution in [3.8, 4) is 0 Å². The zero-order chi connectivity index (χ0) is 31.3. The number of anilines is 1. The quantitative estimate of drug-likeness (QED) is 0.0641. The summed E-state index contributed by atoms with van der Waals surface area (Å²) in [6.45, 7) is 8.13. The molecule has 1 aliphatic heterocycles. The van der Waals surface area contributed by atoms with Gasteiger partial charge in [-0.2, -0.15) is 17.8 Å². The van der Waals surface area contributed by atoms with Crippen LogP contribution in [0.25, 0.3) is 0 Å². The van der Waals surface area contributed by atoms with E-state index >= 15 is 0 Å². The highest BCUT2D eigenvalue weighted by molar-refractivity contribution is 7.84. The third kappa shape index (κ3) is 10.1. The van der Waals surface area contributed by atoms with Gasteiger partial charge in [-0.1, -0.05) is 5.16 Å². The molecule has 0 saturated carbocycles. The molecular formula is C20H29N7O12S2. The first-order valence-corrected chi connectivity index (χ1v) is 13.6. The van der Waals surface area contributed by atoms with Gasteiger partial charge in [0.05, 0.1) is 0 Å². The van der Waals surface area contributed by atoms with Gasteiger partial charge in [-0.05, 0) is 41.5 Å². The van der Waals surface area contributed by atoms with Crippen LogP contribution in [-0.2, 0) is 43.7 Å². The normalized spacial score (nSPS) is 17.7. The van der Waals surface area contributed by atoms with Crippen LogP contribution >= 0.6 is 11.5 Å². The number of amides is 4. The van der Waals surface area contributed by atoms with Gasteiger partial charge in [0.15, 0.2) is 0 Å². The summed E-state index contributed by atoms with van der Waals surface area (Å²) in [7, 11) is -5.09. The molecule has 0 spiro atoms. The Kier molecular flexibility index (Phi) is 10.2. The van der Waals surface area contributed by atoms with Crippen molar-refractivity contribution in [3.63, 3.8) is 0 Å². The Morgan fingerprint density at radius 1 is 1.12 bits per heavy atom. The lowest BCUT2D eigenvalue weighted by molar-refractivity contribution is -0.160. The van der Waals surface area contributed by atoms with Crippen LogP contribution in [-0.4, -0.2) is 98.8 Å². The first-order valence-electron chi connectivity index (χ1n) is 11.5. The number of nitrogens with one attached hydrogen (secondary N) is 2. The van der Waals surface area contributed by atoms with Crippen LogP contribution in [0.2, 0.25) is 0 Å². The Morgan fingerprint density at radius 3 is 2.27 bits per heavy atom. The molecule has 228 valence electrons. The third-order valence-electron chi connectivity index (χ3n) is 4.32. The van der Waals surface area contributed by atoms with Gasteiger partial charge in [0, 0.05) is 11.5 Å². The molecule has 0 radical (unpaired) electrons. The molecule has 2 rings (SSSR count). The first-order chi connectivity index (χ1) is 18.7. The minimum atomic E-state index is -5.09. The van der Waals surface area contributed by atoms with Crippen LogP contribution in [0.5, 0.6) is 0 Å². The Hall–Kier alpha value is -4.11. The molecule has 1 aromatic rings. The van der Waals surface area contributed by atoms with Crippen molar-refractivity contribution in [2.24, 2.45) is 10.9 Å². The fraction of sp³-hybridized carbons (Fsp3) is 0.600. The molecule has 2 heterocycles. The van der Waals surface area contributed by atoms with Crippen molar-refractivity contribution < 1.29 is 56.0 Å². The van der Waals surface area contributed by atoms with Crippen molar-refractivity contribution in [2.45, 2.75) is 64.8 Å². The van der Waals surface area contributed by atoms with Gasteiger partial charge in [0.25, 0.3) is 11.8 Å². The molecule has 0 aromatic carbocycles. The van der Waals surface area contributed by atoms with Crippen LogP contribution in [0.4, 0.5) is 14.7 Å². The second-order valence-corrected chi connectivity index (χ2v) is 12.2. The topological polar surface area (TPSA) is 268 Å². The summed E-state index contributed by atoms with van der Waals surface area (Å²) in [6.07, 6.45) is -2.20. The highest BCUT2D eigenvalue weighted by Crippen LogP contribution is 2.24. The zero-order valence-corrected chi connectivity index (χ0v) is 24.3. The lowest BCUT2D eigenvalue weighted by Crippen LogP contribution is -2.73. The summed E-state index contributed by atoms with van der Waals surface area (Å²) in [5.41, 5.74) is 2.48. The fourth-order valence-corrected chi connectivity index (χ4v) is 4.39. The number of hydrogen-bond donors (Lipinski definition) is 4. The second-order valence-electron chi connectivity index (χ2n) is 10.1. The van der Waals surface area contributed by atoms with Gasteiger partial charge >= 0.3 is 28.5 Å². The number of primary amides is 1. The SMILES string of the molecule is CC(C)(C)OC(=O)CON=C(C(=O)N[C@@H]1C(=O)N(S(=O)(=O)O)[C@@H]1COC(N)=O)c1nsc(NC(=O)OC(C)(C)C)n1. The number of rotatable bonds is 10. The maximum Gasteiger partial charge on any atom is 0.414 e. The highest BCUT2D eigenvalue weighted by atomic mass is 32.2. The first kappa shape index (κ1) is 33.1. The molecule has 1 aliphatic rings. The number of carbonyl (C=O) groups excluding carboxylic acids is 5. The van der Waals surface area contributed by atoms with Crippen LogP contribution in [0.15, 0.2) is 5.16 Å². The summed E-state index contributed by atoms with van der Waals surface area (Å²) < 4.78 is 51.0. The minimum Gasteiger partial charge on any atom is -0.457 e. The van der Waals surface area contributed by atoms with Gasteiger partial charge < -0.3 is 30.1 Å². The molecule has 1 saturated heterocycles. The summed E-state index contributed by atoms with van der Waals surface area (Å²) in [4.78, 5) is 69.4. The molecule has 19 nitrogen and oxygen atoms in total. The summed E-state index contributed by atoms with van der Waals surface area (Å²) in [5.74, 6) is -3.79. The number of oxime groups is 1. The van der Waals surface area contributed by atoms with E-state index in [9.17, 15) is 36.9 Å². The number of aromatic nitrogens is 2. The van der Waals surface area contributed by atoms with E-state index < -0.39 is 88.3 Å². The van der Waals surface area contributed by atoms with Gasteiger partial charge in [-0.25, -0.2) is 18.7 Å². The minimum absolute atomic E-state index is 0.0271. The predicted molar refractivity (Wildman–Crippen MR) is 138 cm³/mol. The molecule has 0 bridgehead atoms. The molecule has 0 aliphatic carbocycles. The van der Waals surface area contributed by atoms with Gasteiger partial charge in [-0.15, -0.1) is 0 Å². The smallest absolute Gasteiger partial charge is 0.414 e. The molecule has 41 heavy (non-hydrogen) atoms. The van der Waals surface area contributed by atoms with Crippen LogP contribution < -0.4 is 16.4 Å². The Bertz CT molecular complexity index is 1330. The largest absolute Gasteiger partial charge is 0.457 e. The van der Waals surface area contributed by atoms with E-state index in [1.54, 1.807) is 41.5 Å². The molecule has 1 aromatic heterocycles. The van der Waals surface area contributed by atoms with Gasteiger partial charge in [0.1, 0.15) is 29.9 Å². The molecule has 1 fully saturated rings. The average molecular weight is 624 g/mol. The van der Waals surface area contributed by atoms with Crippen LogP contribution in [0.3, 0.4) is 0 Å². The molecule has 4 amide bonds. The fourth-order valence-electron chi connectivity index (χ4n) is 2.97. The van der Waals surface area contributed by atoms with Crippen molar-refractivity contribution in [1.82, 2.24) is 19.0 Å². The van der Waals surface area contributed by atoms with E-state index in [2.05, 4.69) is 29.9 Å². The van der Waals surface area contributed by atoms with Gasteiger partial charge in [0.2, 0.25) is 23.3 Å². The monoisotopic (exact) mass is 623 g/mol. The average Bonchev–Trinajstić information content (AvgIpc) is 3.21. The van der Waals surface area contributed by atoms with E-state index in [1.165, 1.54) is 0 Å². The number of nitrogens with zero attached hydrogens (tertiary/aromatic N) is 4. The van der Waals surface area contributed by atoms with E-state index in [0.717, 1.165) is 0 Å². The molecule has 0 unspecified atom stereocenters. The van der Waals surface area contributed by atoms with Crippen LogP contribution in [0, 0.1) is 0 Å². The van der Waals surface area contributed by atoms with Crippen molar-refractivity contribution in [1.29, 1.82) is 0 Å². The van der Waals surface area contributed by atoms with Crippen molar-refractivity contribution in [2.75, 3.05) is 18.5 Å². The maximum atomic E-state index is 13.1. The lowest BCUT2D eigenvalue weighted by atomic mass is 9.99. The number of esters is 1. The highest BCUT2D eigenvalue weighted by Gasteiger charge is 2.55. The standard InChI is InChI=1S/C20H29N7O12S2/c1-19(2,3)38-10(28)8-37-25-12(13-23-17(40-26-13)24-18(32)39-20(4,5)6)14(29)22-11-9(7-36-16(21)31)27(15(11)30)41(33,34)35/h9,11H,7-8H2,1-6H3,(H2,21,31)(H,22,29)(H,33,34,35)(H,23,24,26,32)/t9-,11+/m1/s1. The lowest BCUT2D eigenvalue weighted by Gasteiger charge is -2.43. The van der Waals surface area contributed by atoms with Crippen molar-refractivity contribution in [3.05, 3.63) is 5.82 Å². The van der Waals surface area contributed by atoms with Crippen molar-refractivity contribution >= 4 is 62.7 Å². The van der Waals surface area contributed by atoms with E-state index in [1.807, 2.05) is 0 Å². The number of carbonyl (C=O) groups is 5. The molecule has 5 N–H and O–H groups in total. The molecular weight excluding hydrogens is 594 g/mol. The van der Waals surface area contributed by atoms with Gasteiger partial charge in [-0.3, -0.25) is 19.5 Å². The van der Waals surface area contributed by atoms with E-state index in [0.29, 0.717) is 11.5 Å². The molecule has 21 heteroatoms. The Morgan fingerprint density at radius 2 is 1.73 bits per heavy atom.